The lowest BCUT2D eigenvalue weighted by Gasteiger charge is -2.08. The summed E-state index contributed by atoms with van der Waals surface area (Å²) in [5.41, 5.74) is 7.73. The SMILES string of the molecule is Cc1ccc(-c2cc(-c3ccc(C)cc3)n(-c3ccc(Cl)cc3)n2)cc1. The van der Waals surface area contributed by atoms with Gasteiger partial charge in [-0.15, -0.1) is 0 Å². The van der Waals surface area contributed by atoms with E-state index >= 15 is 0 Å². The molecular formula is C23H19ClN2. The highest BCUT2D eigenvalue weighted by Crippen LogP contribution is 2.29. The monoisotopic (exact) mass is 358 g/mol. The number of aryl methyl sites for hydroxylation is 2. The normalized spacial score (nSPS) is 10.9. The Labute approximate surface area is 158 Å². The van der Waals surface area contributed by atoms with Crippen LogP contribution in [-0.2, 0) is 0 Å². The average Bonchev–Trinajstić information content (AvgIpc) is 3.09. The van der Waals surface area contributed by atoms with Crippen molar-refractivity contribution in [3.05, 3.63) is 95.0 Å². The minimum Gasteiger partial charge on any atom is -0.232 e. The van der Waals surface area contributed by atoms with Gasteiger partial charge in [-0.25, -0.2) is 4.68 Å². The van der Waals surface area contributed by atoms with E-state index in [0.717, 1.165) is 33.2 Å². The average molecular weight is 359 g/mol. The van der Waals surface area contributed by atoms with E-state index in [-0.39, 0.29) is 0 Å². The smallest absolute Gasteiger partial charge is 0.0934 e. The third-order valence-corrected chi connectivity index (χ3v) is 4.73. The van der Waals surface area contributed by atoms with Gasteiger partial charge in [0.1, 0.15) is 0 Å². The van der Waals surface area contributed by atoms with Crippen molar-refractivity contribution >= 4 is 11.6 Å². The van der Waals surface area contributed by atoms with Crippen molar-refractivity contribution in [1.29, 1.82) is 0 Å². The van der Waals surface area contributed by atoms with Crippen LogP contribution < -0.4 is 0 Å². The fourth-order valence-corrected chi connectivity index (χ4v) is 3.08. The van der Waals surface area contributed by atoms with E-state index in [1.807, 2.05) is 28.9 Å². The van der Waals surface area contributed by atoms with Crippen molar-refractivity contribution in [2.75, 3.05) is 0 Å². The molecule has 1 aromatic heterocycles. The molecule has 4 aromatic rings. The second kappa shape index (κ2) is 6.81. The minimum absolute atomic E-state index is 0.719. The summed E-state index contributed by atoms with van der Waals surface area (Å²) in [5.74, 6) is 0. The Hall–Kier alpha value is -2.84. The Morgan fingerprint density at radius 3 is 1.81 bits per heavy atom. The maximum absolute atomic E-state index is 6.06. The molecule has 0 saturated carbocycles. The first-order chi connectivity index (χ1) is 12.6. The van der Waals surface area contributed by atoms with E-state index in [1.54, 1.807) is 0 Å². The van der Waals surface area contributed by atoms with Crippen LogP contribution in [0.3, 0.4) is 0 Å². The summed E-state index contributed by atoms with van der Waals surface area (Å²) in [6, 6.07) is 26.9. The van der Waals surface area contributed by atoms with Crippen LogP contribution in [0, 0.1) is 13.8 Å². The summed E-state index contributed by atoms with van der Waals surface area (Å²) in [6.07, 6.45) is 0. The molecule has 3 aromatic carbocycles. The highest BCUT2D eigenvalue weighted by atomic mass is 35.5. The molecule has 0 aliphatic rings. The summed E-state index contributed by atoms with van der Waals surface area (Å²) >= 11 is 6.06. The van der Waals surface area contributed by atoms with Gasteiger partial charge in [-0.05, 0) is 44.2 Å². The second-order valence-electron chi connectivity index (χ2n) is 6.54. The van der Waals surface area contributed by atoms with E-state index in [2.05, 4.69) is 68.4 Å². The number of rotatable bonds is 3. The lowest BCUT2D eigenvalue weighted by Crippen LogP contribution is -1.99. The van der Waals surface area contributed by atoms with Crippen LogP contribution in [0.5, 0.6) is 0 Å². The molecule has 0 N–H and O–H groups in total. The number of benzene rings is 3. The molecule has 0 unspecified atom stereocenters. The molecule has 2 nitrogen and oxygen atoms in total. The lowest BCUT2D eigenvalue weighted by atomic mass is 10.1. The zero-order valence-electron chi connectivity index (χ0n) is 14.8. The molecule has 0 bridgehead atoms. The molecule has 0 aliphatic heterocycles. The van der Waals surface area contributed by atoms with Crippen molar-refractivity contribution in [2.24, 2.45) is 0 Å². The van der Waals surface area contributed by atoms with Gasteiger partial charge in [-0.3, -0.25) is 0 Å². The van der Waals surface area contributed by atoms with Crippen LogP contribution in [0.2, 0.25) is 5.02 Å². The van der Waals surface area contributed by atoms with E-state index in [4.69, 9.17) is 16.7 Å². The van der Waals surface area contributed by atoms with Crippen LogP contribution >= 0.6 is 11.6 Å². The number of hydrogen-bond donors (Lipinski definition) is 0. The quantitative estimate of drug-likeness (QED) is 0.410. The summed E-state index contributed by atoms with van der Waals surface area (Å²) in [5, 5.41) is 5.60. The molecule has 128 valence electrons. The first-order valence-electron chi connectivity index (χ1n) is 8.60. The second-order valence-corrected chi connectivity index (χ2v) is 6.97. The zero-order valence-corrected chi connectivity index (χ0v) is 15.5. The Morgan fingerprint density at radius 2 is 1.23 bits per heavy atom. The molecule has 0 aliphatic carbocycles. The van der Waals surface area contributed by atoms with Crippen LogP contribution in [0.25, 0.3) is 28.2 Å². The van der Waals surface area contributed by atoms with Crippen LogP contribution in [0.1, 0.15) is 11.1 Å². The van der Waals surface area contributed by atoms with E-state index < -0.39 is 0 Å². The lowest BCUT2D eigenvalue weighted by molar-refractivity contribution is 0.892. The molecule has 0 fully saturated rings. The highest BCUT2D eigenvalue weighted by Gasteiger charge is 2.13. The van der Waals surface area contributed by atoms with Gasteiger partial charge in [0, 0.05) is 16.1 Å². The fraction of sp³-hybridized carbons (Fsp3) is 0.0870. The third kappa shape index (κ3) is 3.29. The summed E-state index contributed by atoms with van der Waals surface area (Å²) in [6.45, 7) is 4.19. The maximum atomic E-state index is 6.06. The van der Waals surface area contributed by atoms with Gasteiger partial charge in [0.15, 0.2) is 0 Å². The molecule has 0 atom stereocenters. The van der Waals surface area contributed by atoms with E-state index in [0.29, 0.717) is 0 Å². The summed E-state index contributed by atoms with van der Waals surface area (Å²) in [4.78, 5) is 0. The standard InChI is InChI=1S/C23H19ClN2/c1-16-3-7-18(8-4-16)22-15-23(19-9-5-17(2)6-10-19)26(25-22)21-13-11-20(24)12-14-21/h3-15H,1-2H3. The van der Waals surface area contributed by atoms with Crippen molar-refractivity contribution in [3.63, 3.8) is 0 Å². The first-order valence-corrected chi connectivity index (χ1v) is 8.98. The predicted octanol–water partition coefficient (Wildman–Crippen LogP) is 6.48. The Bertz CT molecular complexity index is 964. The minimum atomic E-state index is 0.719. The van der Waals surface area contributed by atoms with Crippen molar-refractivity contribution in [1.82, 2.24) is 9.78 Å². The van der Waals surface area contributed by atoms with E-state index in [1.165, 1.54) is 11.1 Å². The number of hydrogen-bond acceptors (Lipinski definition) is 1. The van der Waals surface area contributed by atoms with Crippen LogP contribution in [0.15, 0.2) is 78.9 Å². The van der Waals surface area contributed by atoms with Gasteiger partial charge in [-0.1, -0.05) is 71.3 Å². The predicted molar refractivity (Wildman–Crippen MR) is 109 cm³/mol. The molecule has 4 rings (SSSR count). The van der Waals surface area contributed by atoms with Gasteiger partial charge in [0.25, 0.3) is 0 Å². The molecule has 0 amide bonds. The maximum Gasteiger partial charge on any atom is 0.0934 e. The van der Waals surface area contributed by atoms with Gasteiger partial charge in [-0.2, -0.15) is 5.10 Å². The highest BCUT2D eigenvalue weighted by molar-refractivity contribution is 6.30. The van der Waals surface area contributed by atoms with E-state index in [9.17, 15) is 0 Å². The van der Waals surface area contributed by atoms with Crippen LogP contribution in [0.4, 0.5) is 0 Å². The molecule has 3 heteroatoms. The topological polar surface area (TPSA) is 17.8 Å². The Morgan fingerprint density at radius 1 is 0.692 bits per heavy atom. The largest absolute Gasteiger partial charge is 0.232 e. The molecule has 26 heavy (non-hydrogen) atoms. The molecular weight excluding hydrogens is 340 g/mol. The number of halogens is 1. The summed E-state index contributed by atoms with van der Waals surface area (Å²) < 4.78 is 1.98. The van der Waals surface area contributed by atoms with Crippen molar-refractivity contribution < 1.29 is 0 Å². The van der Waals surface area contributed by atoms with Crippen molar-refractivity contribution in [2.45, 2.75) is 13.8 Å². The third-order valence-electron chi connectivity index (χ3n) is 4.48. The Balaban J connectivity index is 1.88. The van der Waals surface area contributed by atoms with Crippen LogP contribution in [-0.4, -0.2) is 9.78 Å². The van der Waals surface area contributed by atoms with Crippen molar-refractivity contribution in [3.8, 4) is 28.2 Å². The number of aromatic nitrogens is 2. The molecule has 0 radical (unpaired) electrons. The zero-order chi connectivity index (χ0) is 18.1. The fourth-order valence-electron chi connectivity index (χ4n) is 2.96. The molecule has 0 spiro atoms. The first kappa shape index (κ1) is 16.6. The molecule has 0 saturated heterocycles. The van der Waals surface area contributed by atoms with Gasteiger partial charge in [0.2, 0.25) is 0 Å². The Kier molecular flexibility index (Phi) is 4.36. The number of nitrogens with zero attached hydrogens (tertiary/aromatic N) is 2. The molecule has 1 heterocycles. The van der Waals surface area contributed by atoms with Gasteiger partial charge >= 0.3 is 0 Å². The van der Waals surface area contributed by atoms with Gasteiger partial charge < -0.3 is 0 Å². The van der Waals surface area contributed by atoms with Gasteiger partial charge in [0.05, 0.1) is 17.1 Å². The summed E-state index contributed by atoms with van der Waals surface area (Å²) in [7, 11) is 0.